The maximum atomic E-state index is 12.7. The summed E-state index contributed by atoms with van der Waals surface area (Å²) in [7, 11) is 0. The molecule has 1 nitrogen and oxygen atoms in total. The molecule has 0 N–H and O–H groups in total. The van der Waals surface area contributed by atoms with Gasteiger partial charge in [0.15, 0.2) is 0 Å². The van der Waals surface area contributed by atoms with Crippen LogP contribution in [0.3, 0.4) is 0 Å². The molecule has 0 unspecified atom stereocenters. The number of rotatable bonds is 1. The predicted octanol–water partition coefficient (Wildman–Crippen LogP) is 4.84. The van der Waals surface area contributed by atoms with Crippen LogP contribution in [0, 0.1) is 0 Å². The summed E-state index contributed by atoms with van der Waals surface area (Å²) < 4.78 is 42.9. The van der Waals surface area contributed by atoms with Crippen LogP contribution in [0.2, 0.25) is 5.02 Å². The van der Waals surface area contributed by atoms with Crippen LogP contribution in [0.25, 0.3) is 11.0 Å². The molecule has 0 fully saturated rings. The van der Waals surface area contributed by atoms with Gasteiger partial charge in [0.25, 0.3) is 0 Å². The van der Waals surface area contributed by atoms with E-state index < -0.39 is 11.7 Å². The van der Waals surface area contributed by atoms with Gasteiger partial charge in [-0.15, -0.1) is 11.6 Å². The Balaban J connectivity index is 2.80. The largest absolute Gasteiger partial charge is 0.463 e. The molecule has 0 atom stereocenters. The van der Waals surface area contributed by atoms with Crippen molar-refractivity contribution in [2.75, 3.05) is 0 Å². The van der Waals surface area contributed by atoms with Gasteiger partial charge in [-0.25, -0.2) is 0 Å². The van der Waals surface area contributed by atoms with E-state index in [9.17, 15) is 13.2 Å². The Kier molecular flexibility index (Phi) is 2.80. The quantitative estimate of drug-likeness (QED) is 0.675. The molecule has 0 saturated heterocycles. The second-order valence-electron chi connectivity index (χ2n) is 3.22. The number of furan rings is 1. The van der Waals surface area contributed by atoms with Crippen LogP contribution in [0.4, 0.5) is 13.2 Å². The van der Waals surface area contributed by atoms with E-state index >= 15 is 0 Å². The maximum Gasteiger partial charge on any atom is 0.420 e. The van der Waals surface area contributed by atoms with Crippen molar-refractivity contribution in [3.8, 4) is 0 Å². The fourth-order valence-corrected chi connectivity index (χ4v) is 1.89. The zero-order valence-corrected chi connectivity index (χ0v) is 9.25. The molecule has 0 aliphatic carbocycles. The number of benzene rings is 1. The summed E-state index contributed by atoms with van der Waals surface area (Å²) in [4.78, 5) is 0. The maximum absolute atomic E-state index is 12.7. The normalized spacial score (nSPS) is 12.3. The average Bonchev–Trinajstić information content (AvgIpc) is 2.57. The SMILES string of the molecule is FC(F)(F)c1cc(Cl)cc2c(CCl)coc12. The fourth-order valence-electron chi connectivity index (χ4n) is 1.47. The van der Waals surface area contributed by atoms with Gasteiger partial charge in [0, 0.05) is 16.0 Å². The molecular weight excluding hydrogens is 264 g/mol. The summed E-state index contributed by atoms with van der Waals surface area (Å²) in [5, 5.41) is 0.308. The van der Waals surface area contributed by atoms with E-state index in [2.05, 4.69) is 0 Å². The standard InChI is InChI=1S/C10H5Cl2F3O/c11-3-5-4-16-9-7(5)1-6(12)2-8(9)10(13,14)15/h1-2,4H,3H2. The summed E-state index contributed by atoms with van der Waals surface area (Å²) in [6.45, 7) is 0. The number of hydrogen-bond donors (Lipinski definition) is 0. The Hall–Kier alpha value is -0.870. The molecule has 1 aromatic heterocycles. The van der Waals surface area contributed by atoms with Crippen molar-refractivity contribution in [3.05, 3.63) is 34.5 Å². The molecule has 2 rings (SSSR count). The highest BCUT2D eigenvalue weighted by Crippen LogP contribution is 2.38. The van der Waals surface area contributed by atoms with Crippen LogP contribution in [0.5, 0.6) is 0 Å². The summed E-state index contributed by atoms with van der Waals surface area (Å²) in [5.41, 5.74) is -0.622. The molecule has 0 radical (unpaired) electrons. The minimum absolute atomic E-state index is 0.00703. The third kappa shape index (κ3) is 1.87. The van der Waals surface area contributed by atoms with Gasteiger partial charge in [0.2, 0.25) is 0 Å². The summed E-state index contributed by atoms with van der Waals surface area (Å²) in [5.74, 6) is 0.0740. The van der Waals surface area contributed by atoms with E-state index in [4.69, 9.17) is 27.6 Å². The third-order valence-corrected chi connectivity index (χ3v) is 2.67. The van der Waals surface area contributed by atoms with Gasteiger partial charge in [0.05, 0.1) is 12.1 Å². The lowest BCUT2D eigenvalue weighted by Crippen LogP contribution is -2.05. The van der Waals surface area contributed by atoms with Crippen LogP contribution in [0.1, 0.15) is 11.1 Å². The van der Waals surface area contributed by atoms with Crippen LogP contribution in [-0.4, -0.2) is 0 Å². The highest BCUT2D eigenvalue weighted by atomic mass is 35.5. The van der Waals surface area contributed by atoms with Gasteiger partial charge < -0.3 is 4.42 Å². The third-order valence-electron chi connectivity index (χ3n) is 2.17. The van der Waals surface area contributed by atoms with Gasteiger partial charge in [-0.3, -0.25) is 0 Å². The van der Waals surface area contributed by atoms with Gasteiger partial charge in [-0.05, 0) is 12.1 Å². The van der Waals surface area contributed by atoms with Crippen LogP contribution in [-0.2, 0) is 12.1 Å². The smallest absolute Gasteiger partial charge is 0.420 e. The first-order valence-electron chi connectivity index (χ1n) is 4.26. The molecule has 0 aliphatic heterocycles. The van der Waals surface area contributed by atoms with Gasteiger partial charge in [0.1, 0.15) is 11.1 Å². The molecule has 6 heteroatoms. The van der Waals surface area contributed by atoms with E-state index in [0.29, 0.717) is 10.9 Å². The first-order valence-corrected chi connectivity index (χ1v) is 5.17. The highest BCUT2D eigenvalue weighted by molar-refractivity contribution is 6.31. The number of fused-ring (bicyclic) bond motifs is 1. The molecule has 2 aromatic rings. The first-order chi connectivity index (χ1) is 7.43. The molecule has 0 saturated carbocycles. The number of halogens is 5. The zero-order chi connectivity index (χ0) is 11.9. The van der Waals surface area contributed by atoms with Crippen LogP contribution >= 0.6 is 23.2 Å². The van der Waals surface area contributed by atoms with E-state index in [1.54, 1.807) is 0 Å². The van der Waals surface area contributed by atoms with Crippen LogP contribution < -0.4 is 0 Å². The van der Waals surface area contributed by atoms with E-state index in [1.165, 1.54) is 12.3 Å². The van der Waals surface area contributed by atoms with E-state index in [1.807, 2.05) is 0 Å². The van der Waals surface area contributed by atoms with Crippen molar-refractivity contribution >= 4 is 34.2 Å². The zero-order valence-electron chi connectivity index (χ0n) is 7.74. The van der Waals surface area contributed by atoms with Crippen LogP contribution in [0.15, 0.2) is 22.8 Å². The molecule has 86 valence electrons. The minimum atomic E-state index is -4.50. The molecule has 0 bridgehead atoms. The lowest BCUT2D eigenvalue weighted by atomic mass is 10.1. The van der Waals surface area contributed by atoms with Crippen molar-refractivity contribution in [1.82, 2.24) is 0 Å². The van der Waals surface area contributed by atoms with Crippen molar-refractivity contribution in [3.63, 3.8) is 0 Å². The number of alkyl halides is 4. The van der Waals surface area contributed by atoms with Crippen molar-refractivity contribution in [2.45, 2.75) is 12.1 Å². The Morgan fingerprint density at radius 1 is 1.25 bits per heavy atom. The van der Waals surface area contributed by atoms with Crippen molar-refractivity contribution < 1.29 is 17.6 Å². The highest BCUT2D eigenvalue weighted by Gasteiger charge is 2.35. The second-order valence-corrected chi connectivity index (χ2v) is 3.93. The fraction of sp³-hybridized carbons (Fsp3) is 0.200. The lowest BCUT2D eigenvalue weighted by Gasteiger charge is -2.07. The lowest BCUT2D eigenvalue weighted by molar-refractivity contribution is -0.136. The van der Waals surface area contributed by atoms with Gasteiger partial charge >= 0.3 is 6.18 Å². The summed E-state index contributed by atoms with van der Waals surface area (Å²) in [6.07, 6.45) is -3.28. The Morgan fingerprint density at radius 2 is 1.94 bits per heavy atom. The van der Waals surface area contributed by atoms with Gasteiger partial charge in [-0.1, -0.05) is 11.6 Å². The van der Waals surface area contributed by atoms with E-state index in [-0.39, 0.29) is 16.5 Å². The minimum Gasteiger partial charge on any atom is -0.463 e. The summed E-state index contributed by atoms with van der Waals surface area (Å²) in [6, 6.07) is 2.25. The monoisotopic (exact) mass is 268 g/mol. The average molecular weight is 269 g/mol. The Labute approximate surface area is 98.7 Å². The molecule has 16 heavy (non-hydrogen) atoms. The molecule has 1 heterocycles. The molecule has 1 aromatic carbocycles. The second kappa shape index (κ2) is 3.86. The Bertz CT molecular complexity index is 531. The van der Waals surface area contributed by atoms with E-state index in [0.717, 1.165) is 6.07 Å². The Morgan fingerprint density at radius 3 is 2.50 bits per heavy atom. The molecule has 0 aliphatic rings. The number of hydrogen-bond acceptors (Lipinski definition) is 1. The molecule has 0 amide bonds. The topological polar surface area (TPSA) is 13.1 Å². The predicted molar refractivity (Wildman–Crippen MR) is 55.8 cm³/mol. The first kappa shape index (κ1) is 11.6. The molecule has 0 spiro atoms. The molecular formula is C10H5Cl2F3O. The van der Waals surface area contributed by atoms with Crippen molar-refractivity contribution in [1.29, 1.82) is 0 Å². The van der Waals surface area contributed by atoms with Gasteiger partial charge in [-0.2, -0.15) is 13.2 Å². The summed E-state index contributed by atoms with van der Waals surface area (Å²) >= 11 is 11.2. The van der Waals surface area contributed by atoms with Crippen molar-refractivity contribution in [2.24, 2.45) is 0 Å².